The molecule has 0 atom stereocenters. The fraction of sp³-hybridized carbons (Fsp3) is 0.444. The van der Waals surface area contributed by atoms with E-state index in [1.54, 1.807) is 7.11 Å². The van der Waals surface area contributed by atoms with Gasteiger partial charge in [0.1, 0.15) is 0 Å². The molecule has 3 heteroatoms. The molecule has 0 aliphatic rings. The van der Waals surface area contributed by atoms with Crippen molar-refractivity contribution in [3.63, 3.8) is 0 Å². The van der Waals surface area contributed by atoms with Crippen LogP contribution in [-0.2, 0) is 6.54 Å². The first kappa shape index (κ1) is 9.00. The van der Waals surface area contributed by atoms with Gasteiger partial charge in [0.05, 0.1) is 12.8 Å². The monoisotopic (exact) mass is 166 g/mol. The Morgan fingerprint density at radius 1 is 1.42 bits per heavy atom. The Hall–Kier alpha value is -1.09. The lowest BCUT2D eigenvalue weighted by molar-refractivity contribution is 0.377. The van der Waals surface area contributed by atoms with Gasteiger partial charge in [-0.1, -0.05) is 6.07 Å². The second-order valence-electron chi connectivity index (χ2n) is 2.91. The van der Waals surface area contributed by atoms with Gasteiger partial charge in [0, 0.05) is 12.6 Å². The summed E-state index contributed by atoms with van der Waals surface area (Å²) in [5, 5.41) is 0. The molecule has 12 heavy (non-hydrogen) atoms. The molecule has 0 amide bonds. The molecule has 0 aliphatic carbocycles. The molecule has 0 fully saturated rings. The lowest BCUT2D eigenvalue weighted by Crippen LogP contribution is -2.11. The van der Waals surface area contributed by atoms with Gasteiger partial charge in [0.2, 0.25) is 5.88 Å². The molecule has 0 saturated heterocycles. The van der Waals surface area contributed by atoms with Crippen molar-refractivity contribution in [1.29, 1.82) is 0 Å². The minimum absolute atomic E-state index is 0.675. The highest BCUT2D eigenvalue weighted by Crippen LogP contribution is 2.07. The molecule has 66 valence electrons. The molecule has 0 aromatic carbocycles. The number of rotatable bonds is 3. The molecule has 0 unspecified atom stereocenters. The Labute approximate surface area is 73.0 Å². The van der Waals surface area contributed by atoms with Gasteiger partial charge in [-0.05, 0) is 20.2 Å². The molecule has 1 aromatic rings. The van der Waals surface area contributed by atoms with Crippen LogP contribution < -0.4 is 4.74 Å². The maximum atomic E-state index is 5.01. The molecule has 1 heterocycles. The standard InChI is InChI=1S/C9H14N2O/c1-11(2)7-8-5-4-6-9(10-8)12-3/h4-6H,7H2,1-3H3. The predicted molar refractivity (Wildman–Crippen MR) is 48.2 cm³/mol. The van der Waals surface area contributed by atoms with Crippen LogP contribution in [0.5, 0.6) is 5.88 Å². The van der Waals surface area contributed by atoms with Crippen molar-refractivity contribution >= 4 is 0 Å². The summed E-state index contributed by atoms with van der Waals surface area (Å²) in [5.74, 6) is 0.675. The zero-order chi connectivity index (χ0) is 8.97. The van der Waals surface area contributed by atoms with Crippen LogP contribution in [0, 0.1) is 0 Å². The molecule has 0 saturated carbocycles. The van der Waals surface area contributed by atoms with Gasteiger partial charge in [-0.2, -0.15) is 0 Å². The van der Waals surface area contributed by atoms with Crippen molar-refractivity contribution in [3.8, 4) is 5.88 Å². The smallest absolute Gasteiger partial charge is 0.213 e. The predicted octanol–water partition coefficient (Wildman–Crippen LogP) is 1.15. The Morgan fingerprint density at radius 3 is 2.75 bits per heavy atom. The molecular formula is C9H14N2O. The van der Waals surface area contributed by atoms with E-state index in [4.69, 9.17) is 4.74 Å². The normalized spacial score (nSPS) is 10.3. The fourth-order valence-electron chi connectivity index (χ4n) is 0.983. The van der Waals surface area contributed by atoms with Crippen molar-refractivity contribution in [2.24, 2.45) is 0 Å². The minimum atomic E-state index is 0.675. The maximum Gasteiger partial charge on any atom is 0.213 e. The topological polar surface area (TPSA) is 25.4 Å². The Morgan fingerprint density at radius 2 is 2.17 bits per heavy atom. The molecule has 1 rings (SSSR count). The Kier molecular flexibility index (Phi) is 3.05. The van der Waals surface area contributed by atoms with Crippen LogP contribution in [0.2, 0.25) is 0 Å². The van der Waals surface area contributed by atoms with Gasteiger partial charge in [0.25, 0.3) is 0 Å². The molecule has 0 spiro atoms. The molecule has 0 aliphatic heterocycles. The summed E-state index contributed by atoms with van der Waals surface area (Å²) in [6.07, 6.45) is 0. The highest BCUT2D eigenvalue weighted by molar-refractivity contribution is 5.15. The van der Waals surface area contributed by atoms with E-state index >= 15 is 0 Å². The summed E-state index contributed by atoms with van der Waals surface area (Å²) in [4.78, 5) is 6.34. The van der Waals surface area contributed by atoms with E-state index in [9.17, 15) is 0 Å². The van der Waals surface area contributed by atoms with Gasteiger partial charge < -0.3 is 9.64 Å². The zero-order valence-corrected chi connectivity index (χ0v) is 7.74. The molecule has 0 bridgehead atoms. The first-order valence-electron chi connectivity index (χ1n) is 3.87. The number of aromatic nitrogens is 1. The number of hydrogen-bond donors (Lipinski definition) is 0. The van der Waals surface area contributed by atoms with Crippen molar-refractivity contribution in [1.82, 2.24) is 9.88 Å². The van der Waals surface area contributed by atoms with Crippen molar-refractivity contribution in [3.05, 3.63) is 23.9 Å². The summed E-state index contributed by atoms with van der Waals surface area (Å²) in [5.41, 5.74) is 1.03. The van der Waals surface area contributed by atoms with Gasteiger partial charge in [-0.25, -0.2) is 4.98 Å². The maximum absolute atomic E-state index is 5.01. The first-order valence-corrected chi connectivity index (χ1v) is 3.87. The van der Waals surface area contributed by atoms with Crippen molar-refractivity contribution < 1.29 is 4.74 Å². The van der Waals surface area contributed by atoms with E-state index in [1.165, 1.54) is 0 Å². The second-order valence-corrected chi connectivity index (χ2v) is 2.91. The van der Waals surface area contributed by atoms with Crippen LogP contribution in [0.25, 0.3) is 0 Å². The highest BCUT2D eigenvalue weighted by Gasteiger charge is 1.97. The third-order valence-electron chi connectivity index (χ3n) is 1.47. The van der Waals surface area contributed by atoms with Crippen LogP contribution in [0.4, 0.5) is 0 Å². The lowest BCUT2D eigenvalue weighted by Gasteiger charge is -2.08. The number of nitrogens with zero attached hydrogens (tertiary/aromatic N) is 2. The largest absolute Gasteiger partial charge is 0.481 e. The number of ether oxygens (including phenoxy) is 1. The van der Waals surface area contributed by atoms with E-state index < -0.39 is 0 Å². The van der Waals surface area contributed by atoms with E-state index in [0.29, 0.717) is 5.88 Å². The van der Waals surface area contributed by atoms with Gasteiger partial charge in [-0.3, -0.25) is 0 Å². The molecule has 0 radical (unpaired) electrons. The van der Waals surface area contributed by atoms with Gasteiger partial charge in [0.15, 0.2) is 0 Å². The third-order valence-corrected chi connectivity index (χ3v) is 1.47. The number of pyridine rings is 1. The molecule has 1 aromatic heterocycles. The van der Waals surface area contributed by atoms with Gasteiger partial charge in [-0.15, -0.1) is 0 Å². The van der Waals surface area contributed by atoms with Crippen LogP contribution in [0.1, 0.15) is 5.69 Å². The van der Waals surface area contributed by atoms with E-state index in [0.717, 1.165) is 12.2 Å². The minimum Gasteiger partial charge on any atom is -0.481 e. The quantitative estimate of drug-likeness (QED) is 0.673. The third kappa shape index (κ3) is 2.51. The van der Waals surface area contributed by atoms with Crippen molar-refractivity contribution in [2.45, 2.75) is 6.54 Å². The summed E-state index contributed by atoms with van der Waals surface area (Å²) in [6, 6.07) is 5.78. The summed E-state index contributed by atoms with van der Waals surface area (Å²) < 4.78 is 5.01. The van der Waals surface area contributed by atoms with Crippen LogP contribution in [0.15, 0.2) is 18.2 Å². The number of hydrogen-bond acceptors (Lipinski definition) is 3. The molecule has 3 nitrogen and oxygen atoms in total. The summed E-state index contributed by atoms with van der Waals surface area (Å²) in [6.45, 7) is 0.844. The van der Waals surface area contributed by atoms with E-state index in [2.05, 4.69) is 9.88 Å². The van der Waals surface area contributed by atoms with Crippen LogP contribution >= 0.6 is 0 Å². The average Bonchev–Trinajstić information content (AvgIpc) is 2.03. The highest BCUT2D eigenvalue weighted by atomic mass is 16.5. The van der Waals surface area contributed by atoms with E-state index in [1.807, 2.05) is 32.3 Å². The first-order chi connectivity index (χ1) is 5.72. The van der Waals surface area contributed by atoms with Gasteiger partial charge >= 0.3 is 0 Å². The second kappa shape index (κ2) is 4.07. The molecular weight excluding hydrogens is 152 g/mol. The number of methoxy groups -OCH3 is 1. The van der Waals surface area contributed by atoms with E-state index in [-0.39, 0.29) is 0 Å². The Bertz CT molecular complexity index is 248. The Balaban J connectivity index is 2.72. The van der Waals surface area contributed by atoms with Crippen molar-refractivity contribution in [2.75, 3.05) is 21.2 Å². The lowest BCUT2D eigenvalue weighted by atomic mass is 10.3. The molecule has 0 N–H and O–H groups in total. The average molecular weight is 166 g/mol. The van der Waals surface area contributed by atoms with Crippen LogP contribution in [-0.4, -0.2) is 31.1 Å². The summed E-state index contributed by atoms with van der Waals surface area (Å²) in [7, 11) is 5.66. The van der Waals surface area contributed by atoms with Crippen LogP contribution in [0.3, 0.4) is 0 Å². The summed E-state index contributed by atoms with van der Waals surface area (Å²) >= 11 is 0. The SMILES string of the molecule is COc1cccc(CN(C)C)n1. The zero-order valence-electron chi connectivity index (χ0n) is 7.74. The fourth-order valence-corrected chi connectivity index (χ4v) is 0.983.